The highest BCUT2D eigenvalue weighted by atomic mass is 16.5. The van der Waals surface area contributed by atoms with Crippen LogP contribution in [0.2, 0.25) is 0 Å². The molecule has 112 valence electrons. The van der Waals surface area contributed by atoms with Gasteiger partial charge in [-0.2, -0.15) is 0 Å². The molecule has 3 nitrogen and oxygen atoms in total. The summed E-state index contributed by atoms with van der Waals surface area (Å²) in [5, 5.41) is 0. The summed E-state index contributed by atoms with van der Waals surface area (Å²) >= 11 is 0. The average molecular weight is 268 g/mol. The summed E-state index contributed by atoms with van der Waals surface area (Å²) in [5.41, 5.74) is 6.87. The van der Waals surface area contributed by atoms with Gasteiger partial charge >= 0.3 is 0 Å². The molecule has 0 aromatic carbocycles. The Morgan fingerprint density at radius 3 is 2.63 bits per heavy atom. The van der Waals surface area contributed by atoms with E-state index in [1.807, 2.05) is 7.11 Å². The molecular formula is C16H32N2O. The van der Waals surface area contributed by atoms with E-state index in [1.54, 1.807) is 0 Å². The molecule has 0 bridgehead atoms. The fraction of sp³-hybridized carbons (Fsp3) is 1.00. The molecule has 2 fully saturated rings. The fourth-order valence-electron chi connectivity index (χ4n) is 3.97. The lowest BCUT2D eigenvalue weighted by Gasteiger charge is -2.46. The number of rotatable bonds is 3. The minimum absolute atomic E-state index is 0.0481. The van der Waals surface area contributed by atoms with Crippen LogP contribution in [0.5, 0.6) is 0 Å². The maximum absolute atomic E-state index is 6.52. The molecule has 0 aromatic heterocycles. The summed E-state index contributed by atoms with van der Waals surface area (Å²) in [7, 11) is 1.85. The van der Waals surface area contributed by atoms with E-state index in [1.165, 1.54) is 38.6 Å². The van der Waals surface area contributed by atoms with Crippen molar-refractivity contribution in [2.45, 2.75) is 64.5 Å². The number of methoxy groups -OCH3 is 1. The second-order valence-electron chi connectivity index (χ2n) is 7.66. The summed E-state index contributed by atoms with van der Waals surface area (Å²) in [6, 6.07) is 0.344. The summed E-state index contributed by atoms with van der Waals surface area (Å²) in [6.07, 6.45) is 6.34. The lowest BCUT2D eigenvalue weighted by atomic mass is 9.68. The zero-order valence-electron chi connectivity index (χ0n) is 13.2. The number of hydrogen-bond donors (Lipinski definition) is 1. The number of nitrogens with two attached hydrogens (primary N) is 1. The number of likely N-dealkylation sites (tertiary alicyclic amines) is 1. The molecule has 3 unspecified atom stereocenters. The van der Waals surface area contributed by atoms with Gasteiger partial charge in [0.15, 0.2) is 0 Å². The van der Waals surface area contributed by atoms with Crippen molar-refractivity contribution in [1.82, 2.24) is 4.90 Å². The van der Waals surface area contributed by atoms with E-state index in [4.69, 9.17) is 10.5 Å². The molecule has 1 aliphatic heterocycles. The molecule has 0 radical (unpaired) electrons. The van der Waals surface area contributed by atoms with Gasteiger partial charge in [0.25, 0.3) is 0 Å². The van der Waals surface area contributed by atoms with Crippen LogP contribution in [0.15, 0.2) is 0 Å². The second kappa shape index (κ2) is 5.71. The lowest BCUT2D eigenvalue weighted by Crippen LogP contribution is -2.54. The summed E-state index contributed by atoms with van der Waals surface area (Å²) in [6.45, 7) is 10.3. The molecule has 3 heteroatoms. The van der Waals surface area contributed by atoms with Crippen molar-refractivity contribution in [2.75, 3.05) is 26.7 Å². The highest BCUT2D eigenvalue weighted by molar-refractivity contribution is 4.94. The first-order valence-corrected chi connectivity index (χ1v) is 7.89. The number of nitrogens with zero attached hydrogens (tertiary/aromatic N) is 1. The first-order chi connectivity index (χ1) is 8.86. The van der Waals surface area contributed by atoms with Crippen LogP contribution >= 0.6 is 0 Å². The van der Waals surface area contributed by atoms with Crippen molar-refractivity contribution < 1.29 is 4.74 Å². The first-order valence-electron chi connectivity index (χ1n) is 7.89. The maximum Gasteiger partial charge on any atom is 0.0777 e. The van der Waals surface area contributed by atoms with Crippen molar-refractivity contribution in [1.29, 1.82) is 0 Å². The van der Waals surface area contributed by atoms with Crippen LogP contribution in [0, 0.1) is 11.3 Å². The molecule has 2 rings (SSSR count). The van der Waals surface area contributed by atoms with Gasteiger partial charge in [-0.1, -0.05) is 20.3 Å². The molecule has 1 saturated heterocycles. The largest absolute Gasteiger partial charge is 0.377 e. The SMILES string of the molecule is COC1(C)CCCN(CC2CCCC(C)(C)C2N)C1. The molecule has 0 aromatic rings. The average Bonchev–Trinajstić information content (AvgIpc) is 2.35. The lowest BCUT2D eigenvalue weighted by molar-refractivity contribution is -0.0573. The molecule has 19 heavy (non-hydrogen) atoms. The monoisotopic (exact) mass is 268 g/mol. The standard InChI is InChI=1S/C16H32N2O/c1-15(2)8-5-7-13(14(15)17)11-18-10-6-9-16(3,12-18)19-4/h13-14H,5-12,17H2,1-4H3. The third kappa shape index (κ3) is 3.50. The maximum atomic E-state index is 6.52. The normalized spacial score (nSPS) is 40.3. The highest BCUT2D eigenvalue weighted by Crippen LogP contribution is 2.38. The number of ether oxygens (including phenoxy) is 1. The van der Waals surface area contributed by atoms with Gasteiger partial charge in [-0.15, -0.1) is 0 Å². The van der Waals surface area contributed by atoms with E-state index in [2.05, 4.69) is 25.7 Å². The Hall–Kier alpha value is -0.120. The summed E-state index contributed by atoms with van der Waals surface area (Å²) in [4.78, 5) is 2.58. The fourth-order valence-corrected chi connectivity index (χ4v) is 3.97. The van der Waals surface area contributed by atoms with Gasteiger partial charge in [-0.05, 0) is 50.5 Å². The van der Waals surface area contributed by atoms with Crippen LogP contribution < -0.4 is 5.73 Å². The smallest absolute Gasteiger partial charge is 0.0777 e. The second-order valence-corrected chi connectivity index (χ2v) is 7.66. The molecule has 3 atom stereocenters. The van der Waals surface area contributed by atoms with Crippen LogP contribution in [0.25, 0.3) is 0 Å². The van der Waals surface area contributed by atoms with Crippen molar-refractivity contribution in [3.8, 4) is 0 Å². The van der Waals surface area contributed by atoms with Gasteiger partial charge in [0.05, 0.1) is 5.60 Å². The Labute approximate surface area is 118 Å². The number of piperidine rings is 1. The quantitative estimate of drug-likeness (QED) is 0.855. The van der Waals surface area contributed by atoms with Crippen LogP contribution in [-0.4, -0.2) is 43.3 Å². The molecule has 0 amide bonds. The summed E-state index contributed by atoms with van der Waals surface area (Å²) in [5.74, 6) is 0.656. The van der Waals surface area contributed by atoms with Gasteiger partial charge < -0.3 is 15.4 Å². The predicted molar refractivity (Wildman–Crippen MR) is 80.2 cm³/mol. The number of hydrogen-bond acceptors (Lipinski definition) is 3. The van der Waals surface area contributed by atoms with Crippen LogP contribution in [0.1, 0.15) is 52.9 Å². The zero-order valence-corrected chi connectivity index (χ0v) is 13.2. The van der Waals surface area contributed by atoms with E-state index in [0.717, 1.165) is 13.1 Å². The summed E-state index contributed by atoms with van der Waals surface area (Å²) < 4.78 is 5.69. The van der Waals surface area contributed by atoms with Crippen molar-refractivity contribution in [2.24, 2.45) is 17.1 Å². The van der Waals surface area contributed by atoms with Crippen LogP contribution in [0.3, 0.4) is 0 Å². The van der Waals surface area contributed by atoms with Crippen molar-refractivity contribution in [3.63, 3.8) is 0 Å². The van der Waals surface area contributed by atoms with Gasteiger partial charge in [-0.25, -0.2) is 0 Å². The zero-order chi connectivity index (χ0) is 14.1. The Morgan fingerprint density at radius 1 is 1.21 bits per heavy atom. The van der Waals surface area contributed by atoms with Gasteiger partial charge in [-0.3, -0.25) is 0 Å². The van der Waals surface area contributed by atoms with Crippen LogP contribution in [0.4, 0.5) is 0 Å². The molecule has 1 heterocycles. The molecule has 1 saturated carbocycles. The van der Waals surface area contributed by atoms with Gasteiger partial charge in [0, 0.05) is 26.2 Å². The van der Waals surface area contributed by atoms with E-state index >= 15 is 0 Å². The van der Waals surface area contributed by atoms with Crippen LogP contribution in [-0.2, 0) is 4.74 Å². The minimum atomic E-state index is 0.0481. The van der Waals surface area contributed by atoms with Gasteiger partial charge in [0.1, 0.15) is 0 Å². The third-order valence-electron chi connectivity index (χ3n) is 5.53. The van der Waals surface area contributed by atoms with E-state index in [0.29, 0.717) is 17.4 Å². The Balaban J connectivity index is 1.93. The molecule has 2 N–H and O–H groups in total. The Morgan fingerprint density at radius 2 is 1.95 bits per heavy atom. The van der Waals surface area contributed by atoms with E-state index in [9.17, 15) is 0 Å². The Bertz CT molecular complexity index is 305. The molecule has 2 aliphatic rings. The van der Waals surface area contributed by atoms with Gasteiger partial charge in [0.2, 0.25) is 0 Å². The Kier molecular flexibility index (Phi) is 4.59. The van der Waals surface area contributed by atoms with E-state index < -0.39 is 0 Å². The highest BCUT2D eigenvalue weighted by Gasteiger charge is 2.38. The first kappa shape index (κ1) is 15.3. The van der Waals surface area contributed by atoms with E-state index in [-0.39, 0.29) is 5.60 Å². The molecule has 1 aliphatic carbocycles. The third-order valence-corrected chi connectivity index (χ3v) is 5.53. The topological polar surface area (TPSA) is 38.5 Å². The molecule has 0 spiro atoms. The van der Waals surface area contributed by atoms with Crippen molar-refractivity contribution in [3.05, 3.63) is 0 Å². The predicted octanol–water partition coefficient (Wildman–Crippen LogP) is 2.64. The minimum Gasteiger partial charge on any atom is -0.377 e. The van der Waals surface area contributed by atoms with Crippen molar-refractivity contribution >= 4 is 0 Å². The molecular weight excluding hydrogens is 236 g/mol.